The van der Waals surface area contributed by atoms with Crippen LogP contribution < -0.4 is 5.32 Å². The zero-order valence-electron chi connectivity index (χ0n) is 20.5. The molecule has 0 bridgehead atoms. The van der Waals surface area contributed by atoms with Gasteiger partial charge in [0.05, 0.1) is 5.56 Å². The van der Waals surface area contributed by atoms with Crippen molar-refractivity contribution in [3.8, 4) is 0 Å². The van der Waals surface area contributed by atoms with Crippen molar-refractivity contribution in [2.24, 2.45) is 11.8 Å². The van der Waals surface area contributed by atoms with Crippen LogP contribution in [0.4, 0.5) is 4.39 Å². The second kappa shape index (κ2) is 11.2. The number of rotatable bonds is 7. The number of ketones is 1. The van der Waals surface area contributed by atoms with E-state index in [-0.39, 0.29) is 29.5 Å². The van der Waals surface area contributed by atoms with Crippen molar-refractivity contribution >= 4 is 22.7 Å². The molecule has 1 aliphatic carbocycles. The van der Waals surface area contributed by atoms with Gasteiger partial charge in [-0.3, -0.25) is 9.59 Å². The Morgan fingerprint density at radius 1 is 0.917 bits per heavy atom. The summed E-state index contributed by atoms with van der Waals surface area (Å²) in [6.07, 6.45) is 10.5. The van der Waals surface area contributed by atoms with E-state index in [0.717, 1.165) is 70.0 Å². The van der Waals surface area contributed by atoms with Crippen molar-refractivity contribution < 1.29 is 14.0 Å². The molecule has 6 nitrogen and oxygen atoms in total. The highest BCUT2D eigenvalue weighted by Gasteiger charge is 2.27. The lowest BCUT2D eigenvalue weighted by Crippen LogP contribution is -2.39. The summed E-state index contributed by atoms with van der Waals surface area (Å²) in [6.45, 7) is 2.95. The predicted molar refractivity (Wildman–Crippen MR) is 137 cm³/mol. The van der Waals surface area contributed by atoms with E-state index in [2.05, 4.69) is 20.2 Å². The third-order valence-electron chi connectivity index (χ3n) is 7.88. The van der Waals surface area contributed by atoms with Crippen LogP contribution in [-0.2, 0) is 0 Å². The van der Waals surface area contributed by atoms with Crippen LogP contribution in [0, 0.1) is 17.7 Å². The van der Waals surface area contributed by atoms with Crippen molar-refractivity contribution in [2.45, 2.75) is 51.0 Å². The summed E-state index contributed by atoms with van der Waals surface area (Å²) < 4.78 is 13.1. The van der Waals surface area contributed by atoms with Gasteiger partial charge in [0.1, 0.15) is 5.82 Å². The molecule has 1 amide bonds. The fourth-order valence-electron chi connectivity index (χ4n) is 5.67. The lowest BCUT2D eigenvalue weighted by molar-refractivity contribution is 0.0832. The number of nitrogens with one attached hydrogen (secondary N) is 1. The van der Waals surface area contributed by atoms with E-state index in [1.165, 1.54) is 12.1 Å². The molecule has 1 aliphatic heterocycles. The minimum absolute atomic E-state index is 0.0408. The topological polar surface area (TPSA) is 75.2 Å². The minimum atomic E-state index is -0.308. The van der Waals surface area contributed by atoms with Crippen LogP contribution in [0.25, 0.3) is 11.0 Å². The molecule has 7 heteroatoms. The van der Waals surface area contributed by atoms with E-state index in [9.17, 15) is 14.0 Å². The number of aromatic nitrogens is 2. The summed E-state index contributed by atoms with van der Waals surface area (Å²) in [7, 11) is 0. The molecule has 188 valence electrons. The number of nitrogens with zero attached hydrogens (tertiary/aromatic N) is 3. The maximum absolute atomic E-state index is 13.1. The fourth-order valence-corrected chi connectivity index (χ4v) is 5.67. The maximum atomic E-state index is 13.1. The summed E-state index contributed by atoms with van der Waals surface area (Å²) in [5, 5.41) is 4.01. The second-order valence-electron chi connectivity index (χ2n) is 10.2. The summed E-state index contributed by atoms with van der Waals surface area (Å²) in [5.41, 5.74) is 1.85. The van der Waals surface area contributed by atoms with Gasteiger partial charge in [-0.25, -0.2) is 14.4 Å². The van der Waals surface area contributed by atoms with E-state index >= 15 is 0 Å². The van der Waals surface area contributed by atoms with Crippen LogP contribution in [0.1, 0.15) is 65.7 Å². The van der Waals surface area contributed by atoms with Crippen LogP contribution in [-0.4, -0.2) is 52.2 Å². The third-order valence-corrected chi connectivity index (χ3v) is 7.88. The highest BCUT2D eigenvalue weighted by molar-refractivity contribution is 6.05. The molecule has 1 saturated heterocycles. The van der Waals surface area contributed by atoms with Crippen LogP contribution in [0.2, 0.25) is 0 Å². The first-order chi connectivity index (χ1) is 17.6. The highest BCUT2D eigenvalue weighted by atomic mass is 19.1. The number of carbonyl (C=O) groups excluding carboxylic acids is 2. The SMILES string of the molecule is O=C(NC1CCC(CCN2CCC(C(=O)c3ccc(F)cc3)CC2)CC1)c1ccnc2ncccc12. The van der Waals surface area contributed by atoms with Gasteiger partial charge in [0.25, 0.3) is 5.91 Å². The van der Waals surface area contributed by atoms with Crippen molar-refractivity contribution in [1.82, 2.24) is 20.2 Å². The van der Waals surface area contributed by atoms with Gasteiger partial charge >= 0.3 is 0 Å². The second-order valence-corrected chi connectivity index (χ2v) is 10.2. The zero-order chi connectivity index (χ0) is 24.9. The largest absolute Gasteiger partial charge is 0.349 e. The Bertz CT molecular complexity index is 1190. The number of amides is 1. The van der Waals surface area contributed by atoms with Gasteiger partial charge in [0, 0.05) is 35.3 Å². The Hall–Kier alpha value is -3.19. The average Bonchev–Trinajstić information content (AvgIpc) is 2.92. The number of hydrogen-bond donors (Lipinski definition) is 1. The Morgan fingerprint density at radius 2 is 1.64 bits per heavy atom. The first-order valence-corrected chi connectivity index (χ1v) is 13.1. The maximum Gasteiger partial charge on any atom is 0.252 e. The molecule has 36 heavy (non-hydrogen) atoms. The average molecular weight is 489 g/mol. The zero-order valence-corrected chi connectivity index (χ0v) is 20.5. The van der Waals surface area contributed by atoms with Gasteiger partial charge in [-0.1, -0.05) is 0 Å². The molecule has 0 spiro atoms. The van der Waals surface area contributed by atoms with Crippen LogP contribution in [0.5, 0.6) is 0 Å². The molecule has 5 rings (SSSR count). The van der Waals surface area contributed by atoms with Gasteiger partial charge in [-0.05, 0) is 113 Å². The smallest absolute Gasteiger partial charge is 0.252 e. The standard InChI is InChI=1S/C29H33FN4O2/c30-23-7-5-21(6-8-23)27(35)22-13-18-34(19-14-22)17-12-20-3-9-24(10-4-20)33-29(36)26-11-16-32-28-25(26)2-1-15-31-28/h1-2,5-8,11,15-16,20,22,24H,3-4,9-10,12-14,17-19H2,(H,33,36). The Labute approximate surface area is 211 Å². The molecule has 3 heterocycles. The van der Waals surface area contributed by atoms with Gasteiger partial charge in [-0.15, -0.1) is 0 Å². The number of hydrogen-bond acceptors (Lipinski definition) is 5. The monoisotopic (exact) mass is 488 g/mol. The van der Waals surface area contributed by atoms with Crippen LogP contribution in [0.3, 0.4) is 0 Å². The number of fused-ring (bicyclic) bond motifs is 1. The molecule has 2 fully saturated rings. The molecule has 2 aromatic heterocycles. The van der Waals surface area contributed by atoms with Gasteiger partial charge in [0.15, 0.2) is 11.4 Å². The summed E-state index contributed by atoms with van der Waals surface area (Å²) in [6, 6.07) is 11.6. The first-order valence-electron chi connectivity index (χ1n) is 13.1. The quantitative estimate of drug-likeness (QED) is 0.472. The first kappa shape index (κ1) is 24.5. The summed E-state index contributed by atoms with van der Waals surface area (Å²) >= 11 is 0. The molecule has 1 N–H and O–H groups in total. The highest BCUT2D eigenvalue weighted by Crippen LogP contribution is 2.29. The normalized spacial score (nSPS) is 21.4. The molecular formula is C29H33FN4O2. The van der Waals surface area contributed by atoms with E-state index in [1.807, 2.05) is 12.1 Å². The molecule has 1 saturated carbocycles. The Balaban J connectivity index is 1.03. The number of carbonyl (C=O) groups is 2. The van der Waals surface area contributed by atoms with Crippen molar-refractivity contribution in [3.63, 3.8) is 0 Å². The molecule has 0 atom stereocenters. The van der Waals surface area contributed by atoms with E-state index in [0.29, 0.717) is 22.7 Å². The predicted octanol–water partition coefficient (Wildman–Crippen LogP) is 5.04. The van der Waals surface area contributed by atoms with Gasteiger partial charge in [0.2, 0.25) is 0 Å². The number of pyridine rings is 2. The molecule has 1 aromatic carbocycles. The molecule has 0 radical (unpaired) electrons. The number of Topliss-reactive ketones (excluding diaryl/α,β-unsaturated/α-hetero) is 1. The van der Waals surface area contributed by atoms with E-state index in [1.54, 1.807) is 30.6 Å². The number of likely N-dealkylation sites (tertiary alicyclic amines) is 1. The number of benzene rings is 1. The lowest BCUT2D eigenvalue weighted by Gasteiger charge is -2.34. The number of halogens is 1. The van der Waals surface area contributed by atoms with Gasteiger partial charge < -0.3 is 10.2 Å². The van der Waals surface area contributed by atoms with E-state index < -0.39 is 0 Å². The van der Waals surface area contributed by atoms with Gasteiger partial charge in [-0.2, -0.15) is 0 Å². The number of piperidine rings is 1. The molecule has 0 unspecified atom stereocenters. The Kier molecular flexibility index (Phi) is 7.66. The molecule has 2 aliphatic rings. The van der Waals surface area contributed by atoms with Crippen molar-refractivity contribution in [1.29, 1.82) is 0 Å². The molecule has 3 aromatic rings. The minimum Gasteiger partial charge on any atom is -0.349 e. The Morgan fingerprint density at radius 3 is 2.39 bits per heavy atom. The van der Waals surface area contributed by atoms with Crippen molar-refractivity contribution in [2.75, 3.05) is 19.6 Å². The third kappa shape index (κ3) is 5.78. The lowest BCUT2D eigenvalue weighted by atomic mass is 9.83. The van der Waals surface area contributed by atoms with Crippen molar-refractivity contribution in [3.05, 3.63) is 71.8 Å². The summed E-state index contributed by atoms with van der Waals surface area (Å²) in [5.74, 6) is 0.516. The van der Waals surface area contributed by atoms with Crippen LogP contribution in [0.15, 0.2) is 54.9 Å². The summed E-state index contributed by atoms with van der Waals surface area (Å²) in [4.78, 5) is 36.6. The van der Waals surface area contributed by atoms with E-state index in [4.69, 9.17) is 0 Å². The van der Waals surface area contributed by atoms with Crippen LogP contribution >= 0.6 is 0 Å². The molecular weight excluding hydrogens is 455 g/mol. The fraction of sp³-hybridized carbons (Fsp3) is 0.448.